The molecule has 0 aromatic carbocycles. The molecule has 0 radical (unpaired) electrons. The zero-order valence-corrected chi connectivity index (χ0v) is 13.1. The van der Waals surface area contributed by atoms with Gasteiger partial charge in [0.1, 0.15) is 12.4 Å². The van der Waals surface area contributed by atoms with E-state index in [0.717, 1.165) is 38.8 Å². The molecule has 0 N–H and O–H groups in total. The number of unbranched alkanes of at least 4 members (excludes halogenated alkanes) is 3. The van der Waals surface area contributed by atoms with Crippen LogP contribution in [0.4, 0.5) is 0 Å². The molecule has 0 saturated heterocycles. The number of imidazole rings is 1. The number of nitrogens with zero attached hydrogens (tertiary/aromatic N) is 2. The number of carbonyl (C=O) groups excluding carboxylic acids is 1. The Hall–Kier alpha value is -1.10. The molecule has 0 aliphatic heterocycles. The van der Waals surface area contributed by atoms with Crippen LogP contribution in [-0.4, -0.2) is 17.1 Å². The van der Waals surface area contributed by atoms with E-state index in [1.54, 1.807) is 0 Å². The second-order valence-electron chi connectivity index (χ2n) is 4.27. The molecule has 0 atom stereocenters. The molecule has 0 spiro atoms. The van der Waals surface area contributed by atoms with Crippen molar-refractivity contribution in [3.63, 3.8) is 0 Å². The number of halogens is 1. The molecule has 1 aromatic rings. The minimum absolute atomic E-state index is 0. The van der Waals surface area contributed by atoms with Gasteiger partial charge in [0.05, 0.1) is 19.7 Å². The van der Waals surface area contributed by atoms with E-state index >= 15 is 0 Å². The highest BCUT2D eigenvalue weighted by Gasteiger charge is 2.01. The maximum atomic E-state index is 10.8. The topological polar surface area (TPSA) is 35.1 Å². The van der Waals surface area contributed by atoms with Gasteiger partial charge in [-0.3, -0.25) is 0 Å². The summed E-state index contributed by atoms with van der Waals surface area (Å²) in [5, 5.41) is 0. The van der Waals surface area contributed by atoms with Crippen molar-refractivity contribution in [3.05, 3.63) is 31.4 Å². The van der Waals surface area contributed by atoms with Gasteiger partial charge in [-0.15, -0.1) is 0 Å². The van der Waals surface area contributed by atoms with E-state index in [1.807, 2.05) is 0 Å². The number of hydrogen-bond acceptors (Lipinski definition) is 2. The summed E-state index contributed by atoms with van der Waals surface area (Å²) in [6.45, 7) is 8.06. The highest BCUT2D eigenvalue weighted by atomic mass is 79.9. The second-order valence-corrected chi connectivity index (χ2v) is 4.27. The lowest BCUT2D eigenvalue weighted by Gasteiger charge is -2.01. The number of rotatable bonds is 9. The van der Waals surface area contributed by atoms with E-state index in [4.69, 9.17) is 4.74 Å². The van der Waals surface area contributed by atoms with Crippen LogP contribution in [0.5, 0.6) is 0 Å². The van der Waals surface area contributed by atoms with Crippen LogP contribution in [0.25, 0.3) is 0 Å². The van der Waals surface area contributed by atoms with E-state index < -0.39 is 0 Å². The SMILES string of the molecule is C=CC(=O)OCCCCCC[n+]1ccn(CC)c1.[Br-]. The summed E-state index contributed by atoms with van der Waals surface area (Å²) in [5.74, 6) is -0.327. The molecule has 1 rings (SSSR count). The van der Waals surface area contributed by atoms with Crippen molar-refractivity contribution in [1.82, 2.24) is 4.57 Å². The molecule has 1 aromatic heterocycles. The maximum Gasteiger partial charge on any atom is 0.330 e. The highest BCUT2D eigenvalue weighted by molar-refractivity contribution is 5.81. The molecular formula is C14H23BrN2O2. The van der Waals surface area contributed by atoms with E-state index in [-0.39, 0.29) is 23.0 Å². The third-order valence-electron chi connectivity index (χ3n) is 2.83. The predicted molar refractivity (Wildman–Crippen MR) is 69.9 cm³/mol. The van der Waals surface area contributed by atoms with Crippen LogP contribution in [0.2, 0.25) is 0 Å². The first-order valence-electron chi connectivity index (χ1n) is 6.60. The van der Waals surface area contributed by atoms with Crippen molar-refractivity contribution >= 4 is 5.97 Å². The molecule has 0 amide bonds. The molecule has 108 valence electrons. The molecule has 0 fully saturated rings. The molecule has 1 heterocycles. The third kappa shape index (κ3) is 7.82. The van der Waals surface area contributed by atoms with Crippen molar-refractivity contribution in [2.45, 2.75) is 45.7 Å². The smallest absolute Gasteiger partial charge is 0.330 e. The van der Waals surface area contributed by atoms with Crippen LogP contribution in [0.3, 0.4) is 0 Å². The quantitative estimate of drug-likeness (QED) is 0.254. The monoisotopic (exact) mass is 330 g/mol. The van der Waals surface area contributed by atoms with Gasteiger partial charge in [0.15, 0.2) is 0 Å². The Morgan fingerprint density at radius 1 is 1.37 bits per heavy atom. The molecule has 0 aliphatic rings. The van der Waals surface area contributed by atoms with Crippen molar-refractivity contribution < 1.29 is 31.1 Å². The minimum atomic E-state index is -0.327. The number of aromatic nitrogens is 2. The summed E-state index contributed by atoms with van der Waals surface area (Å²) in [6.07, 6.45) is 11.9. The van der Waals surface area contributed by atoms with E-state index in [1.165, 1.54) is 6.08 Å². The van der Waals surface area contributed by atoms with Crippen LogP contribution in [0, 0.1) is 0 Å². The van der Waals surface area contributed by atoms with Gasteiger partial charge in [-0.25, -0.2) is 13.9 Å². The van der Waals surface area contributed by atoms with Crippen LogP contribution >= 0.6 is 0 Å². The fourth-order valence-corrected chi connectivity index (χ4v) is 1.74. The molecule has 0 aliphatic carbocycles. The van der Waals surface area contributed by atoms with Gasteiger partial charge >= 0.3 is 5.97 Å². The average molecular weight is 331 g/mol. The van der Waals surface area contributed by atoms with Gasteiger partial charge in [0, 0.05) is 6.08 Å². The molecule has 5 heteroatoms. The Balaban J connectivity index is 0.00000324. The number of carbonyl (C=O) groups is 1. The van der Waals surface area contributed by atoms with Gasteiger partial charge < -0.3 is 21.7 Å². The molecule has 0 unspecified atom stereocenters. The first kappa shape index (κ1) is 17.9. The summed E-state index contributed by atoms with van der Waals surface area (Å²) >= 11 is 0. The van der Waals surface area contributed by atoms with Crippen LogP contribution in [-0.2, 0) is 22.6 Å². The lowest BCUT2D eigenvalue weighted by atomic mass is 10.2. The van der Waals surface area contributed by atoms with E-state index in [2.05, 4.69) is 41.4 Å². The number of esters is 1. The molecular weight excluding hydrogens is 308 g/mol. The van der Waals surface area contributed by atoms with Gasteiger partial charge in [-0.2, -0.15) is 0 Å². The Kier molecular flexibility index (Phi) is 10.2. The van der Waals surface area contributed by atoms with Crippen LogP contribution < -0.4 is 21.5 Å². The summed E-state index contributed by atoms with van der Waals surface area (Å²) in [6, 6.07) is 0. The minimum Gasteiger partial charge on any atom is -1.00 e. The standard InChI is InChI=1S/C14H23N2O2.BrH/c1-3-14(17)18-12-8-6-5-7-9-16-11-10-15(4-2)13-16;/h3,10-11,13H,1,4-9,12H2,2H3;1H/q+1;/p-1. The Labute approximate surface area is 125 Å². The van der Waals surface area contributed by atoms with Crippen LogP contribution in [0.15, 0.2) is 31.4 Å². The molecule has 4 nitrogen and oxygen atoms in total. The number of ether oxygens (including phenoxy) is 1. The lowest BCUT2D eigenvalue weighted by molar-refractivity contribution is -0.696. The van der Waals surface area contributed by atoms with Gasteiger partial charge in [-0.1, -0.05) is 6.58 Å². The third-order valence-corrected chi connectivity index (χ3v) is 2.83. The molecule has 0 saturated carbocycles. The zero-order chi connectivity index (χ0) is 13.2. The average Bonchev–Trinajstić information content (AvgIpc) is 2.85. The maximum absolute atomic E-state index is 10.8. The van der Waals surface area contributed by atoms with Gasteiger partial charge in [0.2, 0.25) is 6.33 Å². The first-order chi connectivity index (χ1) is 8.76. The normalized spacial score (nSPS) is 9.74. The largest absolute Gasteiger partial charge is 1.00 e. The van der Waals surface area contributed by atoms with Gasteiger partial charge in [-0.05, 0) is 32.6 Å². The summed E-state index contributed by atoms with van der Waals surface area (Å²) in [7, 11) is 0. The fourth-order valence-electron chi connectivity index (χ4n) is 1.74. The summed E-state index contributed by atoms with van der Waals surface area (Å²) in [4.78, 5) is 10.8. The lowest BCUT2D eigenvalue weighted by Crippen LogP contribution is -3.00. The first-order valence-corrected chi connectivity index (χ1v) is 6.60. The van der Waals surface area contributed by atoms with Crippen molar-refractivity contribution in [2.75, 3.05) is 6.61 Å². The van der Waals surface area contributed by atoms with Crippen molar-refractivity contribution in [2.24, 2.45) is 0 Å². The van der Waals surface area contributed by atoms with E-state index in [9.17, 15) is 4.79 Å². The van der Waals surface area contributed by atoms with Crippen LogP contribution in [0.1, 0.15) is 32.6 Å². The highest BCUT2D eigenvalue weighted by Crippen LogP contribution is 2.00. The predicted octanol–water partition coefficient (Wildman–Crippen LogP) is -0.911. The van der Waals surface area contributed by atoms with Crippen molar-refractivity contribution in [1.29, 1.82) is 0 Å². The summed E-state index contributed by atoms with van der Waals surface area (Å²) < 4.78 is 9.28. The second kappa shape index (κ2) is 10.8. The zero-order valence-electron chi connectivity index (χ0n) is 11.6. The Morgan fingerprint density at radius 2 is 2.11 bits per heavy atom. The van der Waals surface area contributed by atoms with Crippen molar-refractivity contribution in [3.8, 4) is 0 Å². The number of hydrogen-bond donors (Lipinski definition) is 0. The molecule has 0 bridgehead atoms. The Bertz CT molecular complexity index is 377. The fraction of sp³-hybridized carbons (Fsp3) is 0.571. The number of aryl methyl sites for hydroxylation is 2. The Morgan fingerprint density at radius 3 is 2.74 bits per heavy atom. The summed E-state index contributed by atoms with van der Waals surface area (Å²) in [5.41, 5.74) is 0. The van der Waals surface area contributed by atoms with E-state index in [0.29, 0.717) is 6.61 Å². The molecule has 19 heavy (non-hydrogen) atoms. The van der Waals surface area contributed by atoms with Gasteiger partial charge in [0.25, 0.3) is 0 Å².